The summed E-state index contributed by atoms with van der Waals surface area (Å²) in [6.07, 6.45) is 6.10. The van der Waals surface area contributed by atoms with Gasteiger partial charge in [-0.3, -0.25) is 4.89 Å². The largest absolute Gasteiger partial charge is 0.383 e. The van der Waals surface area contributed by atoms with Gasteiger partial charge in [0.05, 0.1) is 19.8 Å². The van der Waals surface area contributed by atoms with E-state index in [2.05, 4.69) is 12.0 Å². The number of hydrogen-bond acceptors (Lipinski definition) is 8. The van der Waals surface area contributed by atoms with Gasteiger partial charge in [0.15, 0.2) is 0 Å². The van der Waals surface area contributed by atoms with Crippen LogP contribution in [0.3, 0.4) is 0 Å². The predicted molar refractivity (Wildman–Crippen MR) is 104 cm³/mol. The molecule has 0 aromatic rings. The molecule has 0 spiro atoms. The first-order chi connectivity index (χ1) is 13.6. The molecule has 0 aliphatic rings. The van der Waals surface area contributed by atoms with E-state index in [1.54, 1.807) is 6.92 Å². The number of carbonyl (C=O) groups is 1. The molecule has 0 fully saturated rings. The van der Waals surface area contributed by atoms with Crippen LogP contribution in [-0.2, 0) is 39.2 Å². The maximum atomic E-state index is 12.8. The van der Waals surface area contributed by atoms with E-state index in [9.17, 15) is 4.79 Å². The molecular formula is C20H40O8. The van der Waals surface area contributed by atoms with Gasteiger partial charge in [0.1, 0.15) is 6.10 Å². The quantitative estimate of drug-likeness (QED) is 0.158. The van der Waals surface area contributed by atoms with Crippen molar-refractivity contribution in [1.29, 1.82) is 0 Å². The maximum absolute atomic E-state index is 12.8. The minimum atomic E-state index is -1.52. The van der Waals surface area contributed by atoms with Gasteiger partial charge in [-0.2, -0.15) is 4.89 Å². The zero-order valence-electron chi connectivity index (χ0n) is 18.3. The molecule has 0 aromatic heterocycles. The fourth-order valence-corrected chi connectivity index (χ4v) is 2.32. The second kappa shape index (κ2) is 18.3. The van der Waals surface area contributed by atoms with Crippen molar-refractivity contribution in [2.45, 2.75) is 104 Å². The van der Waals surface area contributed by atoms with Gasteiger partial charge in [-0.05, 0) is 37.1 Å². The lowest BCUT2D eigenvalue weighted by molar-refractivity contribution is -0.498. The van der Waals surface area contributed by atoms with Crippen molar-refractivity contribution >= 4 is 5.97 Å². The third kappa shape index (κ3) is 10.7. The molecule has 8 heteroatoms. The van der Waals surface area contributed by atoms with Gasteiger partial charge in [0.2, 0.25) is 5.60 Å². The molecule has 2 atom stereocenters. The minimum Gasteiger partial charge on any atom is -0.265 e. The molecule has 0 radical (unpaired) electrons. The van der Waals surface area contributed by atoms with E-state index in [0.29, 0.717) is 26.2 Å². The van der Waals surface area contributed by atoms with Gasteiger partial charge in [-0.15, -0.1) is 0 Å². The van der Waals surface area contributed by atoms with E-state index >= 15 is 0 Å². The molecule has 0 saturated heterocycles. The zero-order chi connectivity index (χ0) is 21.1. The predicted octanol–water partition coefficient (Wildman–Crippen LogP) is 5.01. The van der Waals surface area contributed by atoms with E-state index in [-0.39, 0.29) is 6.42 Å². The Morgan fingerprint density at radius 2 is 1.36 bits per heavy atom. The normalized spacial score (nSPS) is 14.6. The third-order valence-corrected chi connectivity index (χ3v) is 4.24. The third-order valence-electron chi connectivity index (χ3n) is 4.24. The van der Waals surface area contributed by atoms with E-state index in [4.69, 9.17) is 29.3 Å². The summed E-state index contributed by atoms with van der Waals surface area (Å²) in [4.78, 5) is 44.3. The summed E-state index contributed by atoms with van der Waals surface area (Å²) in [6, 6.07) is 0. The van der Waals surface area contributed by atoms with Crippen LogP contribution in [-0.4, -0.2) is 37.5 Å². The summed E-state index contributed by atoms with van der Waals surface area (Å²) in [5, 5.41) is 4.62. The number of unbranched alkanes of at least 4 members (excludes halogenated alkanes) is 3. The summed E-state index contributed by atoms with van der Waals surface area (Å²) < 4.78 is 0. The van der Waals surface area contributed by atoms with Crippen LogP contribution < -0.4 is 0 Å². The average molecular weight is 409 g/mol. The van der Waals surface area contributed by atoms with Crippen molar-refractivity contribution < 1.29 is 39.2 Å². The molecule has 0 saturated carbocycles. The first-order valence-electron chi connectivity index (χ1n) is 10.7. The van der Waals surface area contributed by atoms with Crippen LogP contribution >= 0.6 is 0 Å². The van der Waals surface area contributed by atoms with Crippen LogP contribution in [0.2, 0.25) is 0 Å². The Labute approximate surface area is 169 Å². The van der Waals surface area contributed by atoms with Crippen molar-refractivity contribution in [2.75, 3.05) is 19.8 Å². The monoisotopic (exact) mass is 408 g/mol. The van der Waals surface area contributed by atoms with Gasteiger partial charge < -0.3 is 0 Å². The fraction of sp³-hybridized carbons (Fsp3) is 0.950. The topological polar surface area (TPSA) is 81.7 Å². The van der Waals surface area contributed by atoms with E-state index in [0.717, 1.165) is 44.9 Å². The summed E-state index contributed by atoms with van der Waals surface area (Å²) in [5.74, 6) is -0.777. The van der Waals surface area contributed by atoms with Gasteiger partial charge in [0, 0.05) is 0 Å². The first kappa shape index (κ1) is 27.2. The highest BCUT2D eigenvalue weighted by Gasteiger charge is 2.51. The molecule has 28 heavy (non-hydrogen) atoms. The van der Waals surface area contributed by atoms with Gasteiger partial charge in [-0.1, -0.05) is 60.3 Å². The van der Waals surface area contributed by atoms with E-state index < -0.39 is 17.7 Å². The molecule has 0 aromatic carbocycles. The molecule has 0 rings (SSSR count). The molecule has 168 valence electrons. The first-order valence-corrected chi connectivity index (χ1v) is 10.7. The van der Waals surface area contributed by atoms with Gasteiger partial charge in [-0.25, -0.2) is 24.3 Å². The zero-order valence-corrected chi connectivity index (χ0v) is 18.3. The van der Waals surface area contributed by atoms with Crippen molar-refractivity contribution in [3.63, 3.8) is 0 Å². The van der Waals surface area contributed by atoms with Gasteiger partial charge >= 0.3 is 5.97 Å². The van der Waals surface area contributed by atoms with Crippen molar-refractivity contribution in [3.8, 4) is 0 Å². The summed E-state index contributed by atoms with van der Waals surface area (Å²) in [5.41, 5.74) is -1.52. The van der Waals surface area contributed by atoms with Crippen LogP contribution in [0, 0.1) is 0 Å². The Hall–Kier alpha value is -0.770. The molecule has 0 aliphatic heterocycles. The summed E-state index contributed by atoms with van der Waals surface area (Å²) >= 11 is 0. The molecular weight excluding hydrogens is 368 g/mol. The van der Waals surface area contributed by atoms with Crippen LogP contribution in [0.25, 0.3) is 0 Å². The second-order valence-electron chi connectivity index (χ2n) is 6.67. The Kier molecular flexibility index (Phi) is 17.8. The highest BCUT2D eigenvalue weighted by molar-refractivity contribution is 5.79. The second-order valence-corrected chi connectivity index (χ2v) is 6.67. The lowest BCUT2D eigenvalue weighted by atomic mass is 9.90. The van der Waals surface area contributed by atoms with Gasteiger partial charge in [0.25, 0.3) is 0 Å². The Balaban J connectivity index is 5.11. The number of rotatable bonds is 20. The smallest absolute Gasteiger partial charge is 0.265 e. The Morgan fingerprint density at radius 3 is 1.89 bits per heavy atom. The average Bonchev–Trinajstić information content (AvgIpc) is 2.70. The molecule has 0 amide bonds. The minimum absolute atomic E-state index is 0.248. The lowest BCUT2D eigenvalue weighted by Gasteiger charge is -2.34. The molecule has 2 unspecified atom stereocenters. The van der Waals surface area contributed by atoms with Crippen LogP contribution in [0.4, 0.5) is 0 Å². The summed E-state index contributed by atoms with van der Waals surface area (Å²) in [7, 11) is 0. The molecule has 0 N–H and O–H groups in total. The Morgan fingerprint density at radius 1 is 0.786 bits per heavy atom. The van der Waals surface area contributed by atoms with Crippen molar-refractivity contribution in [2.24, 2.45) is 0 Å². The molecule has 0 bridgehead atoms. The molecule has 8 nitrogen and oxygen atoms in total. The van der Waals surface area contributed by atoms with Crippen LogP contribution in [0.15, 0.2) is 0 Å². The van der Waals surface area contributed by atoms with Crippen molar-refractivity contribution in [1.82, 2.24) is 0 Å². The maximum Gasteiger partial charge on any atom is 0.383 e. The van der Waals surface area contributed by atoms with Crippen LogP contribution in [0.1, 0.15) is 92.4 Å². The standard InChI is InChI=1S/C20H40O8/c1-6-11-15-22-25-18(14-9-4)20(10-5,27-23-16-12-7-2)19(21)26-28-24-17-13-8-3/h18H,6-17H2,1-5H3. The highest BCUT2D eigenvalue weighted by Crippen LogP contribution is 2.29. The Bertz CT molecular complexity index is 366. The lowest BCUT2D eigenvalue weighted by Crippen LogP contribution is -2.53. The number of carbonyl (C=O) groups excluding carboxylic acids is 1. The highest BCUT2D eigenvalue weighted by atomic mass is 17.5. The fourth-order valence-electron chi connectivity index (χ4n) is 2.32. The molecule has 0 heterocycles. The van der Waals surface area contributed by atoms with E-state index in [1.807, 2.05) is 20.8 Å². The molecule has 0 aliphatic carbocycles. The summed E-state index contributed by atoms with van der Waals surface area (Å²) in [6.45, 7) is 11.0. The van der Waals surface area contributed by atoms with Crippen molar-refractivity contribution in [3.05, 3.63) is 0 Å². The SMILES string of the molecule is CCCCOOOC(=O)C(CC)(OOCCCC)C(CCC)OOCCCC. The number of hydrogen-bond donors (Lipinski definition) is 0. The van der Waals surface area contributed by atoms with Crippen LogP contribution in [0.5, 0.6) is 0 Å². The van der Waals surface area contributed by atoms with E-state index in [1.165, 1.54) is 0 Å².